The van der Waals surface area contributed by atoms with Gasteiger partial charge in [0.1, 0.15) is 0 Å². The van der Waals surface area contributed by atoms with Gasteiger partial charge >= 0.3 is 0 Å². The first-order valence-electron chi connectivity index (χ1n) is 6.93. The van der Waals surface area contributed by atoms with Gasteiger partial charge in [-0.2, -0.15) is 5.26 Å². The zero-order chi connectivity index (χ0) is 15.6. The summed E-state index contributed by atoms with van der Waals surface area (Å²) in [7, 11) is 0. The molecule has 5 heteroatoms. The second-order valence-electron chi connectivity index (χ2n) is 5.63. The number of nitriles is 1. The third-order valence-electron chi connectivity index (χ3n) is 3.54. The summed E-state index contributed by atoms with van der Waals surface area (Å²) in [6, 6.07) is 9.56. The normalized spacial score (nSPS) is 21.5. The van der Waals surface area contributed by atoms with Gasteiger partial charge in [0.2, 0.25) is 5.91 Å². The summed E-state index contributed by atoms with van der Waals surface area (Å²) in [5.74, 6) is -2.05. The number of Topliss-reactive ketones (excluding diaryl/α,β-unsaturated/α-hetero) is 1. The molecule has 0 saturated heterocycles. The summed E-state index contributed by atoms with van der Waals surface area (Å²) in [6.45, 7) is 3.61. The number of hydrogen-bond acceptors (Lipinski definition) is 3. The van der Waals surface area contributed by atoms with E-state index in [-0.39, 0.29) is 23.7 Å². The Morgan fingerprint density at radius 2 is 2.14 bits per heavy atom. The van der Waals surface area contributed by atoms with Crippen molar-refractivity contribution in [3.63, 3.8) is 0 Å². The molecule has 1 aliphatic rings. The van der Waals surface area contributed by atoms with E-state index < -0.39 is 11.8 Å². The maximum atomic E-state index is 12.3. The highest BCUT2D eigenvalue weighted by Crippen LogP contribution is 2.49. The molecule has 3 atom stereocenters. The van der Waals surface area contributed by atoms with Gasteiger partial charge in [-0.15, -0.1) is 0 Å². The number of rotatable bonds is 5. The van der Waals surface area contributed by atoms with Crippen LogP contribution in [0.25, 0.3) is 0 Å². The van der Waals surface area contributed by atoms with Crippen LogP contribution in [-0.4, -0.2) is 17.7 Å². The Bertz CT molecular complexity index is 607. The van der Waals surface area contributed by atoms with Crippen LogP contribution in [0.2, 0.25) is 0 Å². The minimum atomic E-state index is -1.20. The zero-order valence-corrected chi connectivity index (χ0v) is 13.6. The Labute approximate surface area is 132 Å². The molecule has 1 amide bonds. The molecule has 1 aliphatic carbocycles. The summed E-state index contributed by atoms with van der Waals surface area (Å²) in [4.78, 5) is 24.2. The van der Waals surface area contributed by atoms with Crippen molar-refractivity contribution >= 4 is 27.6 Å². The molecule has 110 valence electrons. The number of carbonyl (C=O) groups is 2. The SMILES string of the molecule is CC(C)NC(=O)[C@H](C#N)C(=O)[C@H]1C[C@@H]1c1cccc(Br)c1. The fourth-order valence-corrected chi connectivity index (χ4v) is 2.87. The van der Waals surface area contributed by atoms with Crippen molar-refractivity contribution in [1.29, 1.82) is 5.26 Å². The highest BCUT2D eigenvalue weighted by atomic mass is 79.9. The average molecular weight is 349 g/mol. The molecule has 1 N–H and O–H groups in total. The number of amides is 1. The smallest absolute Gasteiger partial charge is 0.245 e. The molecule has 0 bridgehead atoms. The van der Waals surface area contributed by atoms with Gasteiger partial charge in [-0.3, -0.25) is 9.59 Å². The molecule has 21 heavy (non-hydrogen) atoms. The summed E-state index contributed by atoms with van der Waals surface area (Å²) >= 11 is 3.41. The maximum Gasteiger partial charge on any atom is 0.245 e. The highest BCUT2D eigenvalue weighted by molar-refractivity contribution is 9.10. The summed E-state index contributed by atoms with van der Waals surface area (Å²) in [5.41, 5.74) is 1.07. The lowest BCUT2D eigenvalue weighted by molar-refractivity contribution is -0.132. The summed E-state index contributed by atoms with van der Waals surface area (Å²) in [6.07, 6.45) is 0.711. The topological polar surface area (TPSA) is 70.0 Å². The third-order valence-corrected chi connectivity index (χ3v) is 4.03. The van der Waals surface area contributed by atoms with Crippen molar-refractivity contribution < 1.29 is 9.59 Å². The van der Waals surface area contributed by atoms with E-state index in [9.17, 15) is 9.59 Å². The number of benzene rings is 1. The van der Waals surface area contributed by atoms with Gasteiger partial charge in [-0.05, 0) is 43.9 Å². The second-order valence-corrected chi connectivity index (χ2v) is 6.55. The van der Waals surface area contributed by atoms with E-state index in [1.54, 1.807) is 13.8 Å². The maximum absolute atomic E-state index is 12.3. The molecule has 1 aromatic carbocycles. The third kappa shape index (κ3) is 3.70. The number of carbonyl (C=O) groups excluding carboxylic acids is 2. The van der Waals surface area contributed by atoms with Crippen molar-refractivity contribution in [3.05, 3.63) is 34.3 Å². The minimum Gasteiger partial charge on any atom is -0.352 e. The standard InChI is InChI=1S/C16H17BrN2O2/c1-9(2)19-16(21)14(8-18)15(20)13-7-12(13)10-4-3-5-11(17)6-10/h3-6,9,12-14H,7H2,1-2H3,(H,19,21)/t12-,13+,14-/m1/s1. The molecule has 4 nitrogen and oxygen atoms in total. The molecular weight excluding hydrogens is 332 g/mol. The number of hydrogen-bond donors (Lipinski definition) is 1. The number of halogens is 1. The van der Waals surface area contributed by atoms with Crippen molar-refractivity contribution in [2.45, 2.75) is 32.2 Å². The van der Waals surface area contributed by atoms with E-state index in [0.29, 0.717) is 6.42 Å². The first-order valence-corrected chi connectivity index (χ1v) is 7.72. The highest BCUT2D eigenvalue weighted by Gasteiger charge is 2.47. The molecule has 1 fully saturated rings. The Balaban J connectivity index is 2.05. The molecular formula is C16H17BrN2O2. The van der Waals surface area contributed by atoms with Crippen LogP contribution >= 0.6 is 15.9 Å². The lowest BCUT2D eigenvalue weighted by Gasteiger charge is -2.12. The molecule has 2 rings (SSSR count). The van der Waals surface area contributed by atoms with Crippen LogP contribution in [0.3, 0.4) is 0 Å². The van der Waals surface area contributed by atoms with Gasteiger partial charge in [0.05, 0.1) is 6.07 Å². The Hall–Kier alpha value is -1.67. The lowest BCUT2D eigenvalue weighted by atomic mass is 9.98. The van der Waals surface area contributed by atoms with E-state index in [0.717, 1.165) is 10.0 Å². The first-order chi connectivity index (χ1) is 9.93. The van der Waals surface area contributed by atoms with Gasteiger partial charge in [-0.25, -0.2) is 0 Å². The molecule has 0 unspecified atom stereocenters. The van der Waals surface area contributed by atoms with Gasteiger partial charge in [0, 0.05) is 16.4 Å². The van der Waals surface area contributed by atoms with E-state index in [2.05, 4.69) is 21.2 Å². The Morgan fingerprint density at radius 1 is 1.43 bits per heavy atom. The van der Waals surface area contributed by atoms with Gasteiger partial charge in [0.25, 0.3) is 0 Å². The largest absolute Gasteiger partial charge is 0.352 e. The van der Waals surface area contributed by atoms with Crippen LogP contribution in [0.5, 0.6) is 0 Å². The van der Waals surface area contributed by atoms with Gasteiger partial charge in [-0.1, -0.05) is 28.1 Å². The minimum absolute atomic E-state index is 0.0822. The first kappa shape index (κ1) is 15.7. The summed E-state index contributed by atoms with van der Waals surface area (Å²) in [5, 5.41) is 11.7. The van der Waals surface area contributed by atoms with Crippen LogP contribution in [0.4, 0.5) is 0 Å². The van der Waals surface area contributed by atoms with E-state index >= 15 is 0 Å². The Kier molecular flexibility index (Phi) is 4.79. The van der Waals surface area contributed by atoms with E-state index in [1.165, 1.54) is 0 Å². The molecule has 1 saturated carbocycles. The van der Waals surface area contributed by atoms with E-state index in [1.807, 2.05) is 30.3 Å². The van der Waals surface area contributed by atoms with Crippen molar-refractivity contribution in [1.82, 2.24) is 5.32 Å². The van der Waals surface area contributed by atoms with Crippen LogP contribution < -0.4 is 5.32 Å². The van der Waals surface area contributed by atoms with Crippen molar-refractivity contribution in [2.75, 3.05) is 0 Å². The predicted molar refractivity (Wildman–Crippen MR) is 82.4 cm³/mol. The Morgan fingerprint density at radius 3 is 2.71 bits per heavy atom. The van der Waals surface area contributed by atoms with Crippen molar-refractivity contribution in [3.8, 4) is 6.07 Å². The van der Waals surface area contributed by atoms with E-state index in [4.69, 9.17) is 5.26 Å². The molecule has 0 heterocycles. The fourth-order valence-electron chi connectivity index (χ4n) is 2.45. The molecule has 0 radical (unpaired) electrons. The number of ketones is 1. The lowest BCUT2D eigenvalue weighted by Crippen LogP contribution is -2.39. The van der Waals surface area contributed by atoms with Crippen LogP contribution in [0.15, 0.2) is 28.7 Å². The van der Waals surface area contributed by atoms with Gasteiger partial charge < -0.3 is 5.32 Å². The number of nitrogens with one attached hydrogen (secondary N) is 1. The zero-order valence-electron chi connectivity index (χ0n) is 12.0. The van der Waals surface area contributed by atoms with Crippen LogP contribution in [0.1, 0.15) is 31.7 Å². The quantitative estimate of drug-likeness (QED) is 0.831. The van der Waals surface area contributed by atoms with Crippen molar-refractivity contribution in [2.24, 2.45) is 11.8 Å². The average Bonchev–Trinajstić information content (AvgIpc) is 3.18. The molecule has 0 spiro atoms. The summed E-state index contributed by atoms with van der Waals surface area (Å²) < 4.78 is 0.965. The second kappa shape index (κ2) is 6.40. The van der Waals surface area contributed by atoms with Gasteiger partial charge in [0.15, 0.2) is 11.7 Å². The fraction of sp³-hybridized carbons (Fsp3) is 0.438. The predicted octanol–water partition coefficient (Wildman–Crippen LogP) is 2.79. The monoisotopic (exact) mass is 348 g/mol. The molecule has 0 aromatic heterocycles. The van der Waals surface area contributed by atoms with Crippen LogP contribution in [-0.2, 0) is 9.59 Å². The number of nitrogens with zero attached hydrogens (tertiary/aromatic N) is 1. The van der Waals surface area contributed by atoms with Crippen LogP contribution in [0, 0.1) is 23.2 Å². The molecule has 0 aliphatic heterocycles. The molecule has 1 aromatic rings.